The summed E-state index contributed by atoms with van der Waals surface area (Å²) in [6, 6.07) is 7.66. The summed E-state index contributed by atoms with van der Waals surface area (Å²) in [5, 5.41) is 0. The lowest BCUT2D eigenvalue weighted by atomic mass is 9.96. The van der Waals surface area contributed by atoms with Gasteiger partial charge < -0.3 is 4.90 Å². The molecule has 0 aromatic heterocycles. The van der Waals surface area contributed by atoms with Gasteiger partial charge >= 0.3 is 0 Å². The number of allylic oxidation sites excluding steroid dienone is 1. The van der Waals surface area contributed by atoms with Crippen molar-refractivity contribution in [1.82, 2.24) is 9.62 Å². The molecule has 1 N–H and O–H groups in total. The number of rotatable bonds is 3. The van der Waals surface area contributed by atoms with Crippen LogP contribution >= 0.6 is 0 Å². The van der Waals surface area contributed by atoms with Crippen LogP contribution in [0.15, 0.2) is 29.2 Å². The number of amides is 2. The monoisotopic (exact) mass is 362 g/mol. The quantitative estimate of drug-likeness (QED) is 0.887. The topological polar surface area (TPSA) is 83.6 Å². The van der Waals surface area contributed by atoms with Crippen molar-refractivity contribution in [3.63, 3.8) is 0 Å². The average Bonchev–Trinajstić information content (AvgIpc) is 2.61. The molecule has 2 aliphatic rings. The Bertz CT molecular complexity index is 821. The summed E-state index contributed by atoms with van der Waals surface area (Å²) in [6.45, 7) is 2.48. The fourth-order valence-corrected chi connectivity index (χ4v) is 4.57. The van der Waals surface area contributed by atoms with Gasteiger partial charge in [0.05, 0.1) is 4.91 Å². The van der Waals surface area contributed by atoms with Gasteiger partial charge in [0.1, 0.15) is 0 Å². The third-order valence-corrected chi connectivity index (χ3v) is 6.39. The zero-order chi connectivity index (χ0) is 18.0. The van der Waals surface area contributed by atoms with E-state index in [1.54, 1.807) is 11.0 Å². The van der Waals surface area contributed by atoms with Crippen molar-refractivity contribution in [3.8, 4) is 0 Å². The molecule has 0 saturated carbocycles. The van der Waals surface area contributed by atoms with E-state index in [0.717, 1.165) is 11.1 Å². The Labute approximate surface area is 148 Å². The third-order valence-electron chi connectivity index (χ3n) is 4.90. The van der Waals surface area contributed by atoms with Gasteiger partial charge in [-0.1, -0.05) is 24.3 Å². The van der Waals surface area contributed by atoms with Gasteiger partial charge in [-0.05, 0) is 42.9 Å². The molecular formula is C18H22N2O4S. The first-order valence-corrected chi connectivity index (χ1v) is 9.96. The molecule has 1 aromatic carbocycles. The Hall–Kier alpha value is -2.15. The highest BCUT2D eigenvalue weighted by atomic mass is 32.2. The van der Waals surface area contributed by atoms with E-state index >= 15 is 0 Å². The van der Waals surface area contributed by atoms with E-state index in [9.17, 15) is 18.0 Å². The Morgan fingerprint density at radius 3 is 2.48 bits per heavy atom. The molecule has 0 radical (unpaired) electrons. The predicted molar refractivity (Wildman–Crippen MR) is 94.8 cm³/mol. The maximum atomic E-state index is 12.6. The van der Waals surface area contributed by atoms with Gasteiger partial charge in [-0.3, -0.25) is 9.59 Å². The van der Waals surface area contributed by atoms with Crippen LogP contribution in [0.2, 0.25) is 0 Å². The number of benzene rings is 1. The highest BCUT2D eigenvalue weighted by molar-refractivity contribution is 7.94. The van der Waals surface area contributed by atoms with Crippen LogP contribution < -0.4 is 4.72 Å². The molecule has 1 aromatic rings. The van der Waals surface area contributed by atoms with Crippen LogP contribution in [0.1, 0.15) is 37.3 Å². The van der Waals surface area contributed by atoms with Crippen molar-refractivity contribution in [3.05, 3.63) is 40.3 Å². The van der Waals surface area contributed by atoms with Crippen molar-refractivity contribution in [2.75, 3.05) is 13.1 Å². The van der Waals surface area contributed by atoms with Crippen molar-refractivity contribution < 1.29 is 18.0 Å². The summed E-state index contributed by atoms with van der Waals surface area (Å²) in [5.41, 5.74) is 2.00. The summed E-state index contributed by atoms with van der Waals surface area (Å²) < 4.78 is 27.3. The summed E-state index contributed by atoms with van der Waals surface area (Å²) in [5.74, 6) is -0.859. The Morgan fingerprint density at radius 2 is 1.80 bits per heavy atom. The molecule has 2 amide bonds. The van der Waals surface area contributed by atoms with E-state index in [-0.39, 0.29) is 16.7 Å². The van der Waals surface area contributed by atoms with Crippen LogP contribution in [0.5, 0.6) is 0 Å². The van der Waals surface area contributed by atoms with E-state index in [2.05, 4.69) is 4.72 Å². The molecule has 1 fully saturated rings. The number of hydrogen-bond acceptors (Lipinski definition) is 4. The number of sulfonamides is 1. The van der Waals surface area contributed by atoms with Gasteiger partial charge in [-0.15, -0.1) is 0 Å². The zero-order valence-electron chi connectivity index (χ0n) is 14.2. The number of piperidine rings is 1. The second kappa shape index (κ2) is 7.00. The minimum absolute atomic E-state index is 0.0162. The van der Waals surface area contributed by atoms with Gasteiger partial charge in [0.25, 0.3) is 10.0 Å². The standard InChI is InChI=1S/C18H22N2O4S/c1-13(21)20-10-8-15(9-11-20)18(22)19-25(23,24)17-7-6-14-4-2-3-5-16(14)12-17/h2-5,12,15H,6-11H2,1H3,(H,19,22). The summed E-state index contributed by atoms with van der Waals surface area (Å²) in [6.07, 6.45) is 3.66. The first-order chi connectivity index (χ1) is 11.9. The van der Waals surface area contributed by atoms with E-state index in [4.69, 9.17) is 0 Å². The molecule has 0 bridgehead atoms. The van der Waals surface area contributed by atoms with E-state index in [1.165, 1.54) is 6.92 Å². The molecule has 7 heteroatoms. The van der Waals surface area contributed by atoms with Crippen LogP contribution in [-0.4, -0.2) is 38.2 Å². The number of nitrogens with one attached hydrogen (secondary N) is 1. The van der Waals surface area contributed by atoms with Crippen LogP contribution in [0, 0.1) is 5.92 Å². The second-order valence-corrected chi connectivity index (χ2v) is 8.29. The largest absolute Gasteiger partial charge is 0.343 e. The maximum absolute atomic E-state index is 12.6. The minimum Gasteiger partial charge on any atom is -0.343 e. The Kier molecular flexibility index (Phi) is 4.94. The number of carbonyl (C=O) groups excluding carboxylic acids is 2. The highest BCUT2D eigenvalue weighted by Crippen LogP contribution is 2.27. The first kappa shape index (κ1) is 17.7. The normalized spacial score (nSPS) is 18.3. The van der Waals surface area contributed by atoms with Crippen molar-refractivity contribution in [2.45, 2.75) is 32.6 Å². The lowest BCUT2D eigenvalue weighted by Crippen LogP contribution is -2.43. The molecule has 0 spiro atoms. The molecule has 1 aliphatic carbocycles. The highest BCUT2D eigenvalue weighted by Gasteiger charge is 2.30. The molecule has 1 aliphatic heterocycles. The molecule has 6 nitrogen and oxygen atoms in total. The second-order valence-electron chi connectivity index (χ2n) is 6.56. The van der Waals surface area contributed by atoms with Gasteiger partial charge in [0.2, 0.25) is 11.8 Å². The Morgan fingerprint density at radius 1 is 1.12 bits per heavy atom. The van der Waals surface area contributed by atoms with Crippen molar-refractivity contribution >= 4 is 27.9 Å². The molecule has 0 atom stereocenters. The maximum Gasteiger partial charge on any atom is 0.260 e. The molecule has 1 heterocycles. The molecule has 25 heavy (non-hydrogen) atoms. The number of aryl methyl sites for hydroxylation is 1. The molecule has 0 unspecified atom stereocenters. The molecule has 134 valence electrons. The van der Waals surface area contributed by atoms with Crippen LogP contribution in [-0.2, 0) is 26.0 Å². The summed E-state index contributed by atoms with van der Waals surface area (Å²) in [4.78, 5) is 25.6. The van der Waals surface area contributed by atoms with Gasteiger partial charge in [-0.25, -0.2) is 13.1 Å². The number of carbonyl (C=O) groups is 2. The summed E-state index contributed by atoms with van der Waals surface area (Å²) >= 11 is 0. The van der Waals surface area contributed by atoms with Crippen molar-refractivity contribution in [2.24, 2.45) is 5.92 Å². The predicted octanol–water partition coefficient (Wildman–Crippen LogP) is 1.68. The van der Waals surface area contributed by atoms with Crippen molar-refractivity contribution in [1.29, 1.82) is 0 Å². The molecule has 1 saturated heterocycles. The SMILES string of the molecule is CC(=O)N1CCC(C(=O)NS(=O)(=O)C2=Cc3ccccc3CC2)CC1. The van der Waals surface area contributed by atoms with E-state index < -0.39 is 15.9 Å². The van der Waals surface area contributed by atoms with Crippen LogP contribution in [0.25, 0.3) is 6.08 Å². The number of hydrogen-bond donors (Lipinski definition) is 1. The zero-order valence-corrected chi connectivity index (χ0v) is 15.0. The number of likely N-dealkylation sites (tertiary alicyclic amines) is 1. The molecule has 3 rings (SSSR count). The van der Waals surface area contributed by atoms with Gasteiger partial charge in [0, 0.05) is 25.9 Å². The smallest absolute Gasteiger partial charge is 0.260 e. The summed E-state index contributed by atoms with van der Waals surface area (Å²) in [7, 11) is -3.82. The lowest BCUT2D eigenvalue weighted by molar-refractivity contribution is -0.133. The van der Waals surface area contributed by atoms with E-state index in [0.29, 0.717) is 38.8 Å². The fourth-order valence-electron chi connectivity index (χ4n) is 3.36. The van der Waals surface area contributed by atoms with Crippen LogP contribution in [0.4, 0.5) is 0 Å². The fraction of sp³-hybridized carbons (Fsp3) is 0.444. The van der Waals surface area contributed by atoms with Crippen LogP contribution in [0.3, 0.4) is 0 Å². The minimum atomic E-state index is -3.82. The molecular weight excluding hydrogens is 340 g/mol. The third kappa shape index (κ3) is 3.92. The first-order valence-electron chi connectivity index (χ1n) is 8.47. The van der Waals surface area contributed by atoms with Gasteiger partial charge in [-0.2, -0.15) is 0 Å². The Balaban J connectivity index is 1.67. The average molecular weight is 362 g/mol. The van der Waals surface area contributed by atoms with E-state index in [1.807, 2.05) is 24.3 Å². The number of nitrogens with zero attached hydrogens (tertiary/aromatic N) is 1. The van der Waals surface area contributed by atoms with Gasteiger partial charge in [0.15, 0.2) is 0 Å². The number of fused-ring (bicyclic) bond motifs is 1. The lowest BCUT2D eigenvalue weighted by Gasteiger charge is -2.30.